The molecule has 0 aliphatic heterocycles. The molecule has 0 heterocycles. The van der Waals surface area contributed by atoms with E-state index >= 15 is 0 Å². The highest BCUT2D eigenvalue weighted by atomic mass is 35.5. The first kappa shape index (κ1) is 20.7. The van der Waals surface area contributed by atoms with Crippen LogP contribution >= 0.6 is 11.6 Å². The van der Waals surface area contributed by atoms with Gasteiger partial charge in [0, 0.05) is 11.9 Å². The fraction of sp³-hybridized carbons (Fsp3) is 0.222. The first-order chi connectivity index (χ1) is 12.6. The van der Waals surface area contributed by atoms with Gasteiger partial charge in [-0.2, -0.15) is 0 Å². The number of sulfone groups is 1. The summed E-state index contributed by atoms with van der Waals surface area (Å²) >= 11 is 5.98. The zero-order valence-corrected chi connectivity index (χ0v) is 16.5. The van der Waals surface area contributed by atoms with Crippen LogP contribution < -0.4 is 10.1 Å². The predicted octanol–water partition coefficient (Wildman–Crippen LogP) is 2.86. The molecule has 2 aromatic rings. The molecule has 0 aliphatic rings. The van der Waals surface area contributed by atoms with Crippen molar-refractivity contribution in [1.82, 2.24) is 0 Å². The minimum Gasteiger partial charge on any atom is -0.495 e. The van der Waals surface area contributed by atoms with Gasteiger partial charge in [0.05, 0.1) is 22.6 Å². The lowest BCUT2D eigenvalue weighted by Gasteiger charge is -2.10. The molecule has 2 rings (SSSR count). The van der Waals surface area contributed by atoms with Gasteiger partial charge in [-0.05, 0) is 42.8 Å². The lowest BCUT2D eigenvalue weighted by Crippen LogP contribution is -2.21. The van der Waals surface area contributed by atoms with Crippen molar-refractivity contribution in [2.45, 2.75) is 11.8 Å². The SMILES string of the molecule is COc1ccc(NC(=O)COC(=O)c2cc(S(C)(=O)=O)ccc2C)cc1Cl. The number of rotatable bonds is 6. The number of esters is 1. The van der Waals surface area contributed by atoms with Gasteiger partial charge in [-0.3, -0.25) is 4.79 Å². The van der Waals surface area contributed by atoms with Crippen molar-refractivity contribution in [2.24, 2.45) is 0 Å². The van der Waals surface area contributed by atoms with Crippen LogP contribution in [-0.4, -0.2) is 40.3 Å². The average Bonchev–Trinajstić information content (AvgIpc) is 2.59. The number of benzene rings is 2. The van der Waals surface area contributed by atoms with Gasteiger partial charge < -0.3 is 14.8 Å². The zero-order valence-electron chi connectivity index (χ0n) is 14.9. The third-order valence-corrected chi connectivity index (χ3v) is 5.03. The largest absolute Gasteiger partial charge is 0.495 e. The second-order valence-corrected chi connectivity index (χ2v) is 8.15. The molecule has 0 aromatic heterocycles. The Morgan fingerprint density at radius 3 is 2.44 bits per heavy atom. The molecule has 9 heteroatoms. The molecule has 0 unspecified atom stereocenters. The maximum atomic E-state index is 12.2. The Kier molecular flexibility index (Phi) is 6.45. The van der Waals surface area contributed by atoms with Gasteiger partial charge in [0.1, 0.15) is 5.75 Å². The van der Waals surface area contributed by atoms with Gasteiger partial charge in [-0.25, -0.2) is 13.2 Å². The van der Waals surface area contributed by atoms with Crippen molar-refractivity contribution in [3.8, 4) is 5.75 Å². The standard InChI is InChI=1S/C18H18ClNO6S/c1-11-4-6-13(27(3,23)24)9-14(11)18(22)26-10-17(21)20-12-5-7-16(25-2)15(19)8-12/h4-9H,10H2,1-3H3,(H,20,21). The Hall–Kier alpha value is -2.58. The molecule has 1 N–H and O–H groups in total. The summed E-state index contributed by atoms with van der Waals surface area (Å²) in [5.41, 5.74) is 1.03. The van der Waals surface area contributed by atoms with E-state index in [0.717, 1.165) is 6.26 Å². The Bertz CT molecular complexity index is 987. The normalized spacial score (nSPS) is 11.0. The van der Waals surface area contributed by atoms with Crippen LogP contribution in [0.1, 0.15) is 15.9 Å². The van der Waals surface area contributed by atoms with E-state index in [1.807, 2.05) is 0 Å². The first-order valence-corrected chi connectivity index (χ1v) is 10.00. The van der Waals surface area contributed by atoms with Crippen LogP contribution in [0.15, 0.2) is 41.3 Å². The summed E-state index contributed by atoms with van der Waals surface area (Å²) in [6, 6.07) is 8.82. The minimum absolute atomic E-state index is 0.00243. The molecular formula is C18H18ClNO6S. The van der Waals surface area contributed by atoms with E-state index in [9.17, 15) is 18.0 Å². The quantitative estimate of drug-likeness (QED) is 0.734. The summed E-state index contributed by atoms with van der Waals surface area (Å²) in [5.74, 6) is -0.898. The molecule has 0 spiro atoms. The summed E-state index contributed by atoms with van der Waals surface area (Å²) < 4.78 is 33.3. The van der Waals surface area contributed by atoms with Crippen LogP contribution in [0, 0.1) is 6.92 Å². The van der Waals surface area contributed by atoms with E-state index in [1.54, 1.807) is 19.1 Å². The van der Waals surface area contributed by atoms with Gasteiger partial charge in [0.15, 0.2) is 16.4 Å². The molecule has 2 aromatic carbocycles. The van der Waals surface area contributed by atoms with Crippen LogP contribution in [-0.2, 0) is 19.4 Å². The minimum atomic E-state index is -3.47. The van der Waals surface area contributed by atoms with Gasteiger partial charge in [-0.15, -0.1) is 0 Å². The molecule has 1 amide bonds. The molecular weight excluding hydrogens is 394 g/mol. The van der Waals surface area contributed by atoms with Gasteiger partial charge in [0.2, 0.25) is 0 Å². The monoisotopic (exact) mass is 411 g/mol. The van der Waals surface area contributed by atoms with Crippen molar-refractivity contribution in [3.05, 3.63) is 52.5 Å². The van der Waals surface area contributed by atoms with Crippen LogP contribution in [0.5, 0.6) is 5.75 Å². The molecule has 144 valence electrons. The van der Waals surface area contributed by atoms with Gasteiger partial charge in [0.25, 0.3) is 5.91 Å². The topological polar surface area (TPSA) is 98.8 Å². The number of carbonyl (C=O) groups is 2. The lowest BCUT2D eigenvalue weighted by molar-refractivity contribution is -0.119. The maximum absolute atomic E-state index is 12.2. The maximum Gasteiger partial charge on any atom is 0.338 e. The summed E-state index contributed by atoms with van der Waals surface area (Å²) in [7, 11) is -2.00. The third kappa shape index (κ3) is 5.45. The van der Waals surface area contributed by atoms with Crippen LogP contribution in [0.3, 0.4) is 0 Å². The van der Waals surface area contributed by atoms with Crippen LogP contribution in [0.4, 0.5) is 5.69 Å². The van der Waals surface area contributed by atoms with Crippen molar-refractivity contribution in [2.75, 3.05) is 25.3 Å². The van der Waals surface area contributed by atoms with E-state index in [1.165, 1.54) is 31.4 Å². The molecule has 0 saturated carbocycles. The second kappa shape index (κ2) is 8.41. The predicted molar refractivity (Wildman–Crippen MR) is 101 cm³/mol. The van der Waals surface area contributed by atoms with E-state index in [4.69, 9.17) is 21.1 Å². The number of carbonyl (C=O) groups excluding carboxylic acids is 2. The number of hydrogen-bond acceptors (Lipinski definition) is 6. The number of nitrogens with one attached hydrogen (secondary N) is 1. The van der Waals surface area contributed by atoms with E-state index in [0.29, 0.717) is 22.0 Å². The Labute approximate surface area is 162 Å². The number of halogens is 1. The summed E-state index contributed by atoms with van der Waals surface area (Å²) in [5, 5.41) is 2.86. The number of amides is 1. The zero-order chi connectivity index (χ0) is 20.2. The van der Waals surface area contributed by atoms with Crippen molar-refractivity contribution >= 4 is 39.0 Å². The summed E-state index contributed by atoms with van der Waals surface area (Å²) in [6.45, 7) is 1.10. The van der Waals surface area contributed by atoms with Crippen molar-refractivity contribution in [3.63, 3.8) is 0 Å². The Morgan fingerprint density at radius 1 is 1.15 bits per heavy atom. The molecule has 0 bridgehead atoms. The molecule has 27 heavy (non-hydrogen) atoms. The van der Waals surface area contributed by atoms with Crippen LogP contribution in [0.25, 0.3) is 0 Å². The van der Waals surface area contributed by atoms with E-state index < -0.39 is 28.3 Å². The average molecular weight is 412 g/mol. The molecule has 7 nitrogen and oxygen atoms in total. The molecule has 0 radical (unpaired) electrons. The molecule has 0 saturated heterocycles. The number of hydrogen-bond donors (Lipinski definition) is 1. The van der Waals surface area contributed by atoms with E-state index in [-0.39, 0.29) is 10.5 Å². The van der Waals surface area contributed by atoms with Gasteiger partial charge in [-0.1, -0.05) is 17.7 Å². The summed E-state index contributed by atoms with van der Waals surface area (Å²) in [4.78, 5) is 24.2. The van der Waals surface area contributed by atoms with Crippen molar-refractivity contribution < 1.29 is 27.5 Å². The Balaban J connectivity index is 2.03. The highest BCUT2D eigenvalue weighted by Crippen LogP contribution is 2.27. The third-order valence-electron chi connectivity index (χ3n) is 3.63. The molecule has 0 aliphatic carbocycles. The highest BCUT2D eigenvalue weighted by Gasteiger charge is 2.17. The fourth-order valence-corrected chi connectivity index (χ4v) is 3.11. The second-order valence-electron chi connectivity index (χ2n) is 5.72. The number of ether oxygens (including phenoxy) is 2. The van der Waals surface area contributed by atoms with Gasteiger partial charge >= 0.3 is 5.97 Å². The molecule has 0 atom stereocenters. The number of anilines is 1. The molecule has 0 fully saturated rings. The van der Waals surface area contributed by atoms with E-state index in [2.05, 4.69) is 5.32 Å². The fourth-order valence-electron chi connectivity index (χ4n) is 2.20. The van der Waals surface area contributed by atoms with Crippen molar-refractivity contribution in [1.29, 1.82) is 0 Å². The van der Waals surface area contributed by atoms with Crippen LogP contribution in [0.2, 0.25) is 5.02 Å². The summed E-state index contributed by atoms with van der Waals surface area (Å²) in [6.07, 6.45) is 1.04. The smallest absolute Gasteiger partial charge is 0.338 e. The Morgan fingerprint density at radius 2 is 1.85 bits per heavy atom. The lowest BCUT2D eigenvalue weighted by atomic mass is 10.1. The number of methoxy groups -OCH3 is 1. The highest BCUT2D eigenvalue weighted by molar-refractivity contribution is 7.90. The first-order valence-electron chi connectivity index (χ1n) is 7.73. The number of aryl methyl sites for hydroxylation is 1.